The number of hydrogen-bond acceptors (Lipinski definition) is 3. The van der Waals surface area contributed by atoms with Crippen molar-refractivity contribution in [3.05, 3.63) is 52.0 Å². The van der Waals surface area contributed by atoms with E-state index in [4.69, 9.17) is 11.6 Å². The molecule has 0 aliphatic heterocycles. The molecule has 1 aromatic carbocycles. The Labute approximate surface area is 131 Å². The van der Waals surface area contributed by atoms with Crippen molar-refractivity contribution in [1.29, 1.82) is 0 Å². The van der Waals surface area contributed by atoms with Crippen LogP contribution >= 0.6 is 22.9 Å². The van der Waals surface area contributed by atoms with Gasteiger partial charge in [0.05, 0.1) is 11.8 Å². The van der Waals surface area contributed by atoms with E-state index in [0.29, 0.717) is 5.02 Å². The fraction of sp³-hybridized carbons (Fsp3) is 0.250. The number of aromatic nitrogens is 2. The van der Waals surface area contributed by atoms with E-state index in [1.165, 1.54) is 11.3 Å². The average molecular weight is 319 g/mol. The van der Waals surface area contributed by atoms with Crippen LogP contribution in [-0.2, 0) is 6.54 Å². The Kier molecular flexibility index (Phi) is 4.08. The van der Waals surface area contributed by atoms with Crippen LogP contribution in [0.3, 0.4) is 0 Å². The highest BCUT2D eigenvalue weighted by molar-refractivity contribution is 7.22. The van der Waals surface area contributed by atoms with Gasteiger partial charge in [-0.2, -0.15) is 0 Å². The van der Waals surface area contributed by atoms with E-state index in [2.05, 4.69) is 11.9 Å². The third-order valence-electron chi connectivity index (χ3n) is 3.39. The molecule has 2 aromatic heterocycles. The van der Waals surface area contributed by atoms with Gasteiger partial charge in [0.1, 0.15) is 4.70 Å². The van der Waals surface area contributed by atoms with Crippen molar-refractivity contribution in [2.75, 3.05) is 0 Å². The zero-order chi connectivity index (χ0) is 14.8. The molecule has 0 saturated carbocycles. The van der Waals surface area contributed by atoms with Crippen LogP contribution in [0.4, 0.5) is 0 Å². The van der Waals surface area contributed by atoms with Crippen molar-refractivity contribution < 1.29 is 0 Å². The molecule has 0 unspecified atom stereocenters. The van der Waals surface area contributed by atoms with Crippen LogP contribution in [0.25, 0.3) is 20.7 Å². The van der Waals surface area contributed by atoms with Gasteiger partial charge in [0.25, 0.3) is 5.56 Å². The molecule has 0 spiro atoms. The summed E-state index contributed by atoms with van der Waals surface area (Å²) in [6, 6.07) is 9.60. The summed E-state index contributed by atoms with van der Waals surface area (Å²) >= 11 is 7.40. The summed E-state index contributed by atoms with van der Waals surface area (Å²) in [5.41, 5.74) is 1.88. The van der Waals surface area contributed by atoms with Gasteiger partial charge in [-0.25, -0.2) is 4.98 Å². The summed E-state index contributed by atoms with van der Waals surface area (Å²) in [6.45, 7) is 2.84. The molecule has 0 bridgehead atoms. The van der Waals surface area contributed by atoms with Crippen LogP contribution < -0.4 is 5.56 Å². The monoisotopic (exact) mass is 318 g/mol. The molecule has 5 heteroatoms. The minimum absolute atomic E-state index is 0.0543. The van der Waals surface area contributed by atoms with Crippen LogP contribution in [0, 0.1) is 0 Å². The van der Waals surface area contributed by atoms with Gasteiger partial charge in [-0.1, -0.05) is 37.1 Å². The minimum atomic E-state index is 0.0543. The second-order valence-electron chi connectivity index (χ2n) is 4.93. The first-order chi connectivity index (χ1) is 10.2. The van der Waals surface area contributed by atoms with Crippen molar-refractivity contribution >= 4 is 33.2 Å². The molecule has 0 aliphatic carbocycles. The largest absolute Gasteiger partial charge is 0.298 e. The van der Waals surface area contributed by atoms with Gasteiger partial charge in [0.15, 0.2) is 0 Å². The quantitative estimate of drug-likeness (QED) is 0.705. The number of aryl methyl sites for hydroxylation is 1. The third-order valence-corrected chi connectivity index (χ3v) is 4.80. The average Bonchev–Trinajstić information content (AvgIpc) is 2.92. The van der Waals surface area contributed by atoms with E-state index < -0.39 is 0 Å². The Morgan fingerprint density at radius 1 is 1.29 bits per heavy atom. The molecule has 0 atom stereocenters. The first-order valence-electron chi connectivity index (χ1n) is 6.94. The molecule has 0 fully saturated rings. The van der Waals surface area contributed by atoms with Crippen LogP contribution in [-0.4, -0.2) is 9.55 Å². The van der Waals surface area contributed by atoms with E-state index in [-0.39, 0.29) is 5.56 Å². The van der Waals surface area contributed by atoms with Gasteiger partial charge >= 0.3 is 0 Å². The van der Waals surface area contributed by atoms with E-state index >= 15 is 0 Å². The van der Waals surface area contributed by atoms with Crippen LogP contribution in [0.5, 0.6) is 0 Å². The Bertz CT molecular complexity index is 820. The van der Waals surface area contributed by atoms with E-state index in [9.17, 15) is 4.79 Å². The van der Waals surface area contributed by atoms with Crippen molar-refractivity contribution in [1.82, 2.24) is 9.55 Å². The standard InChI is InChI=1S/C16H15ClN2OS/c1-2-3-8-19-10-18-13-9-14(21-15(13)16(19)20)11-4-6-12(17)7-5-11/h4-7,9-10H,2-3,8H2,1H3. The fourth-order valence-corrected chi connectivity index (χ4v) is 3.38. The summed E-state index contributed by atoms with van der Waals surface area (Å²) in [5.74, 6) is 0. The maximum absolute atomic E-state index is 12.4. The topological polar surface area (TPSA) is 34.9 Å². The van der Waals surface area contributed by atoms with Crippen molar-refractivity contribution in [2.24, 2.45) is 0 Å². The molecule has 3 aromatic rings. The lowest BCUT2D eigenvalue weighted by molar-refractivity contribution is 0.609. The number of unbranched alkanes of at least 4 members (excludes halogenated alkanes) is 1. The summed E-state index contributed by atoms with van der Waals surface area (Å²) in [6.07, 6.45) is 3.70. The van der Waals surface area contributed by atoms with E-state index in [1.54, 1.807) is 10.9 Å². The molecule has 108 valence electrons. The van der Waals surface area contributed by atoms with Crippen LogP contribution in [0.15, 0.2) is 41.5 Å². The van der Waals surface area contributed by atoms with Crippen molar-refractivity contribution in [3.8, 4) is 10.4 Å². The lowest BCUT2D eigenvalue weighted by atomic mass is 10.2. The first-order valence-corrected chi connectivity index (χ1v) is 8.13. The highest BCUT2D eigenvalue weighted by Gasteiger charge is 2.10. The molecule has 0 saturated heterocycles. The third kappa shape index (κ3) is 2.87. The molecule has 0 aliphatic rings. The highest BCUT2D eigenvalue weighted by Crippen LogP contribution is 2.31. The van der Waals surface area contributed by atoms with Gasteiger partial charge in [-0.3, -0.25) is 9.36 Å². The minimum Gasteiger partial charge on any atom is -0.298 e. The molecule has 0 amide bonds. The van der Waals surface area contributed by atoms with Gasteiger partial charge in [-0.05, 0) is 30.2 Å². The number of nitrogens with zero attached hydrogens (tertiary/aromatic N) is 2. The molecule has 2 heterocycles. The molecule has 21 heavy (non-hydrogen) atoms. The predicted octanol–water partition coefficient (Wildman–Crippen LogP) is 4.58. The van der Waals surface area contributed by atoms with Gasteiger partial charge in [-0.15, -0.1) is 11.3 Å². The Morgan fingerprint density at radius 2 is 2.05 bits per heavy atom. The Morgan fingerprint density at radius 3 is 2.76 bits per heavy atom. The lowest BCUT2D eigenvalue weighted by Gasteiger charge is -2.02. The lowest BCUT2D eigenvalue weighted by Crippen LogP contribution is -2.19. The molecule has 0 radical (unpaired) electrons. The van der Waals surface area contributed by atoms with Gasteiger partial charge < -0.3 is 0 Å². The number of hydrogen-bond donors (Lipinski definition) is 0. The molecule has 3 nitrogen and oxygen atoms in total. The molecule has 3 rings (SSSR count). The zero-order valence-electron chi connectivity index (χ0n) is 11.7. The number of benzene rings is 1. The summed E-state index contributed by atoms with van der Waals surface area (Å²) in [7, 11) is 0. The van der Waals surface area contributed by atoms with Crippen molar-refractivity contribution in [3.63, 3.8) is 0 Å². The molecular weight excluding hydrogens is 304 g/mol. The smallest absolute Gasteiger partial charge is 0.271 e. The second-order valence-corrected chi connectivity index (χ2v) is 6.42. The summed E-state index contributed by atoms with van der Waals surface area (Å²) in [4.78, 5) is 17.9. The number of fused-ring (bicyclic) bond motifs is 1. The zero-order valence-corrected chi connectivity index (χ0v) is 13.2. The Hall–Kier alpha value is -1.65. The molecule has 0 N–H and O–H groups in total. The number of halogens is 1. The normalized spacial score (nSPS) is 11.1. The highest BCUT2D eigenvalue weighted by atomic mass is 35.5. The van der Waals surface area contributed by atoms with Gasteiger partial charge in [0.2, 0.25) is 0 Å². The maximum Gasteiger partial charge on any atom is 0.271 e. The van der Waals surface area contributed by atoms with Gasteiger partial charge in [0, 0.05) is 16.4 Å². The number of thiophene rings is 1. The predicted molar refractivity (Wildman–Crippen MR) is 89.2 cm³/mol. The fourth-order valence-electron chi connectivity index (χ4n) is 2.19. The number of rotatable bonds is 4. The van der Waals surface area contributed by atoms with E-state index in [1.807, 2.05) is 30.3 Å². The maximum atomic E-state index is 12.4. The summed E-state index contributed by atoms with van der Waals surface area (Å²) < 4.78 is 2.42. The van der Waals surface area contributed by atoms with Crippen LogP contribution in [0.2, 0.25) is 5.02 Å². The van der Waals surface area contributed by atoms with Crippen LogP contribution in [0.1, 0.15) is 19.8 Å². The summed E-state index contributed by atoms with van der Waals surface area (Å²) in [5, 5.41) is 0.708. The Balaban J connectivity index is 2.05. The van der Waals surface area contributed by atoms with Crippen molar-refractivity contribution in [2.45, 2.75) is 26.3 Å². The first kappa shape index (κ1) is 14.3. The van der Waals surface area contributed by atoms with E-state index in [0.717, 1.165) is 40.0 Å². The SMILES string of the molecule is CCCCn1cnc2cc(-c3ccc(Cl)cc3)sc2c1=O. The molecular formula is C16H15ClN2OS. The second kappa shape index (κ2) is 6.00.